The number of aliphatic carboxylic acids is 1. The van der Waals surface area contributed by atoms with Crippen LogP contribution in [-0.4, -0.2) is 55.2 Å². The van der Waals surface area contributed by atoms with Crippen molar-refractivity contribution in [2.45, 2.75) is 12.5 Å². The summed E-state index contributed by atoms with van der Waals surface area (Å²) in [5.74, 6) is 4.89. The number of carboxylic acids is 1. The number of rotatable bonds is 6. The monoisotopic (exact) mass is 365 g/mol. The minimum absolute atomic E-state index is 0.116. The van der Waals surface area contributed by atoms with E-state index in [0.717, 1.165) is 11.1 Å². The molecule has 2 rings (SSSR count). The molecule has 0 bridgehead atoms. The summed E-state index contributed by atoms with van der Waals surface area (Å²) in [7, 11) is 5.88. The molecule has 5 nitrogen and oxygen atoms in total. The summed E-state index contributed by atoms with van der Waals surface area (Å²) in [5, 5.41) is 11.9. The molecule has 0 radical (unpaired) electrons. The normalized spacial score (nSPS) is 11.8. The van der Waals surface area contributed by atoms with Crippen LogP contribution in [0.4, 0.5) is 0 Å². The van der Waals surface area contributed by atoms with Crippen LogP contribution in [0.3, 0.4) is 0 Å². The summed E-state index contributed by atoms with van der Waals surface area (Å²) in [6.07, 6.45) is -0.116. The van der Waals surface area contributed by atoms with Gasteiger partial charge in [-0.25, -0.2) is 0 Å². The summed E-state index contributed by atoms with van der Waals surface area (Å²) in [6.45, 7) is 0.519. The molecule has 2 aromatic carbocycles. The number of benzene rings is 2. The van der Waals surface area contributed by atoms with Crippen LogP contribution in [0.2, 0.25) is 0 Å². The standard InChI is InChI=1S/C22H24N2O3/c1-24(2,3)16-20(15-21(25)26)23-22(27)19-11-7-10-18(14-19)13-12-17-8-5-4-6-9-17/h4-11,14,20H,15-16H2,1-3H3,(H-,23,25,26,27)/p+1. The number of carbonyl (C=O) groups is 2. The second-order valence-corrected chi connectivity index (χ2v) is 7.44. The highest BCUT2D eigenvalue weighted by Crippen LogP contribution is 2.07. The molecule has 1 amide bonds. The quantitative estimate of drug-likeness (QED) is 0.610. The highest BCUT2D eigenvalue weighted by atomic mass is 16.4. The largest absolute Gasteiger partial charge is 0.481 e. The number of hydrogen-bond acceptors (Lipinski definition) is 2. The third kappa shape index (κ3) is 7.35. The Morgan fingerprint density at radius 2 is 1.63 bits per heavy atom. The van der Waals surface area contributed by atoms with E-state index >= 15 is 0 Å². The van der Waals surface area contributed by atoms with Gasteiger partial charge in [0.2, 0.25) is 0 Å². The molecular formula is C22H25N2O3+. The number of nitrogens with zero attached hydrogens (tertiary/aromatic N) is 1. The first-order valence-corrected chi connectivity index (χ1v) is 8.73. The molecule has 0 heterocycles. The second-order valence-electron chi connectivity index (χ2n) is 7.44. The summed E-state index contributed by atoms with van der Waals surface area (Å²) < 4.78 is 0.556. The van der Waals surface area contributed by atoms with Crippen LogP contribution in [0.15, 0.2) is 54.6 Å². The third-order valence-corrected chi connectivity index (χ3v) is 3.77. The lowest BCUT2D eigenvalue weighted by atomic mass is 10.1. The number of likely N-dealkylation sites (N-methyl/N-ethyl adjacent to an activating group) is 1. The van der Waals surface area contributed by atoms with Crippen molar-refractivity contribution in [1.29, 1.82) is 0 Å². The summed E-state index contributed by atoms with van der Waals surface area (Å²) in [4.78, 5) is 23.7. The van der Waals surface area contributed by atoms with Gasteiger partial charge in [-0.1, -0.05) is 36.1 Å². The van der Waals surface area contributed by atoms with Crippen molar-refractivity contribution in [3.63, 3.8) is 0 Å². The molecule has 140 valence electrons. The molecule has 1 unspecified atom stereocenters. The first kappa shape index (κ1) is 20.2. The van der Waals surface area contributed by atoms with Crippen LogP contribution in [0.5, 0.6) is 0 Å². The molecule has 0 aliphatic rings. The van der Waals surface area contributed by atoms with Gasteiger partial charge in [-0.05, 0) is 30.3 Å². The fourth-order valence-electron chi connectivity index (χ4n) is 2.71. The molecule has 2 N–H and O–H groups in total. The fourth-order valence-corrected chi connectivity index (χ4v) is 2.71. The zero-order valence-corrected chi connectivity index (χ0v) is 15.9. The Bertz CT molecular complexity index is 858. The molecule has 27 heavy (non-hydrogen) atoms. The highest BCUT2D eigenvalue weighted by molar-refractivity contribution is 5.95. The van der Waals surface area contributed by atoms with E-state index in [-0.39, 0.29) is 12.3 Å². The van der Waals surface area contributed by atoms with Crippen LogP contribution in [0.1, 0.15) is 27.9 Å². The number of amides is 1. The first-order valence-electron chi connectivity index (χ1n) is 8.73. The maximum absolute atomic E-state index is 12.6. The van der Waals surface area contributed by atoms with Crippen LogP contribution in [0, 0.1) is 11.8 Å². The van der Waals surface area contributed by atoms with Crippen molar-refractivity contribution >= 4 is 11.9 Å². The zero-order chi connectivity index (χ0) is 19.9. The van der Waals surface area contributed by atoms with Crippen molar-refractivity contribution < 1.29 is 19.2 Å². The lowest BCUT2D eigenvalue weighted by molar-refractivity contribution is -0.871. The van der Waals surface area contributed by atoms with Crippen molar-refractivity contribution in [1.82, 2.24) is 5.32 Å². The van der Waals surface area contributed by atoms with Gasteiger partial charge in [-0.2, -0.15) is 0 Å². The van der Waals surface area contributed by atoms with Gasteiger partial charge < -0.3 is 14.9 Å². The Hall–Kier alpha value is -3.10. The molecule has 0 spiro atoms. The van der Waals surface area contributed by atoms with Crippen molar-refractivity contribution in [2.75, 3.05) is 27.7 Å². The molecule has 0 aliphatic heterocycles. The number of nitrogens with one attached hydrogen (secondary N) is 1. The maximum atomic E-state index is 12.6. The van der Waals surface area contributed by atoms with E-state index < -0.39 is 12.0 Å². The Morgan fingerprint density at radius 3 is 2.26 bits per heavy atom. The molecule has 5 heteroatoms. The van der Waals surface area contributed by atoms with Gasteiger partial charge in [0.25, 0.3) is 5.91 Å². The highest BCUT2D eigenvalue weighted by Gasteiger charge is 2.23. The van der Waals surface area contributed by atoms with Crippen molar-refractivity contribution in [3.8, 4) is 11.8 Å². The molecular weight excluding hydrogens is 340 g/mol. The topological polar surface area (TPSA) is 66.4 Å². The molecule has 0 saturated heterocycles. The minimum Gasteiger partial charge on any atom is -0.481 e. The van der Waals surface area contributed by atoms with Gasteiger partial charge in [-0.15, -0.1) is 0 Å². The fraction of sp³-hybridized carbons (Fsp3) is 0.273. The van der Waals surface area contributed by atoms with E-state index in [1.54, 1.807) is 18.2 Å². The van der Waals surface area contributed by atoms with Gasteiger partial charge in [0, 0.05) is 16.7 Å². The average Bonchev–Trinajstić information content (AvgIpc) is 2.59. The molecule has 0 saturated carbocycles. The predicted molar refractivity (Wildman–Crippen MR) is 105 cm³/mol. The lowest BCUT2D eigenvalue weighted by Crippen LogP contribution is -2.49. The average molecular weight is 365 g/mol. The number of hydrogen-bond donors (Lipinski definition) is 2. The molecule has 0 fully saturated rings. The van der Waals surface area contributed by atoms with Gasteiger partial charge >= 0.3 is 5.97 Å². The summed E-state index contributed by atoms with van der Waals surface area (Å²) >= 11 is 0. The van der Waals surface area contributed by atoms with Gasteiger partial charge in [0.1, 0.15) is 0 Å². The van der Waals surface area contributed by atoms with E-state index in [0.29, 0.717) is 16.6 Å². The van der Waals surface area contributed by atoms with Gasteiger partial charge in [0.05, 0.1) is 40.2 Å². The zero-order valence-electron chi connectivity index (χ0n) is 15.9. The van der Waals surface area contributed by atoms with Crippen molar-refractivity contribution in [2.24, 2.45) is 0 Å². The van der Waals surface area contributed by atoms with Crippen LogP contribution < -0.4 is 5.32 Å². The number of quaternary nitrogens is 1. The SMILES string of the molecule is C[N+](C)(C)CC(CC(=O)O)NC(=O)c1cccc(C#Cc2ccccc2)c1. The Labute approximate surface area is 160 Å². The second kappa shape index (κ2) is 9.02. The van der Waals surface area contributed by atoms with E-state index in [4.69, 9.17) is 5.11 Å². The Kier molecular flexibility index (Phi) is 6.75. The molecule has 1 atom stereocenters. The molecule has 0 aromatic heterocycles. The minimum atomic E-state index is -0.934. The third-order valence-electron chi connectivity index (χ3n) is 3.77. The maximum Gasteiger partial charge on any atom is 0.305 e. The van der Waals surface area contributed by atoms with Crippen LogP contribution in [-0.2, 0) is 4.79 Å². The van der Waals surface area contributed by atoms with E-state index in [2.05, 4.69) is 17.2 Å². The summed E-state index contributed by atoms with van der Waals surface area (Å²) in [6, 6.07) is 16.2. The smallest absolute Gasteiger partial charge is 0.305 e. The van der Waals surface area contributed by atoms with E-state index in [9.17, 15) is 9.59 Å². The number of carboxylic acid groups (broad SMARTS) is 1. The Morgan fingerprint density at radius 1 is 1.00 bits per heavy atom. The van der Waals surface area contributed by atoms with Crippen molar-refractivity contribution in [3.05, 3.63) is 71.3 Å². The van der Waals surface area contributed by atoms with E-state index in [1.807, 2.05) is 57.5 Å². The lowest BCUT2D eigenvalue weighted by Gasteiger charge is -2.29. The van der Waals surface area contributed by atoms with Gasteiger partial charge in [-0.3, -0.25) is 9.59 Å². The first-order chi connectivity index (χ1) is 12.7. The van der Waals surface area contributed by atoms with Gasteiger partial charge in [0.15, 0.2) is 0 Å². The van der Waals surface area contributed by atoms with E-state index in [1.165, 1.54) is 0 Å². The predicted octanol–water partition coefficient (Wildman–Crippen LogP) is 2.37. The van der Waals surface area contributed by atoms with Crippen LogP contribution >= 0.6 is 0 Å². The van der Waals surface area contributed by atoms with Crippen LogP contribution in [0.25, 0.3) is 0 Å². The molecule has 2 aromatic rings. The summed E-state index contributed by atoms with van der Waals surface area (Å²) in [5.41, 5.74) is 2.09. The number of carbonyl (C=O) groups excluding carboxylic acids is 1. The Balaban J connectivity index is 2.13. The molecule has 0 aliphatic carbocycles.